The van der Waals surface area contributed by atoms with E-state index in [0.717, 1.165) is 25.4 Å². The molecule has 1 aromatic carbocycles. The highest BCUT2D eigenvalue weighted by Crippen LogP contribution is 2.19. The number of hydrogen-bond donors (Lipinski definition) is 1. The first-order valence-corrected chi connectivity index (χ1v) is 6.08. The SMILES string of the molecule is CCN=C(C(=CN)C(F)F)c1cc(F)cc(C(=O)OC)c1. The van der Waals surface area contributed by atoms with Crippen LogP contribution in [-0.4, -0.2) is 31.8 Å². The lowest BCUT2D eigenvalue weighted by molar-refractivity contribution is 0.0600. The molecule has 0 spiro atoms. The number of hydrogen-bond acceptors (Lipinski definition) is 4. The van der Waals surface area contributed by atoms with Crippen molar-refractivity contribution in [3.8, 4) is 0 Å². The zero-order chi connectivity index (χ0) is 16.0. The molecule has 1 rings (SSSR count). The van der Waals surface area contributed by atoms with Crippen molar-refractivity contribution in [2.45, 2.75) is 13.3 Å². The van der Waals surface area contributed by atoms with Gasteiger partial charge in [0.1, 0.15) is 5.82 Å². The van der Waals surface area contributed by atoms with Gasteiger partial charge >= 0.3 is 5.97 Å². The highest BCUT2D eigenvalue weighted by atomic mass is 19.3. The van der Waals surface area contributed by atoms with E-state index in [1.807, 2.05) is 0 Å². The van der Waals surface area contributed by atoms with Crippen LogP contribution in [0.1, 0.15) is 22.8 Å². The minimum Gasteiger partial charge on any atom is -0.465 e. The van der Waals surface area contributed by atoms with Crippen molar-refractivity contribution < 1.29 is 22.7 Å². The number of carbonyl (C=O) groups excluding carboxylic acids is 1. The lowest BCUT2D eigenvalue weighted by Gasteiger charge is -2.11. The molecule has 4 nitrogen and oxygen atoms in total. The van der Waals surface area contributed by atoms with Crippen molar-refractivity contribution in [1.82, 2.24) is 0 Å². The van der Waals surface area contributed by atoms with Crippen molar-refractivity contribution in [3.63, 3.8) is 0 Å². The van der Waals surface area contributed by atoms with Crippen LogP contribution in [0.25, 0.3) is 0 Å². The molecule has 0 saturated heterocycles. The standard InChI is InChI=1S/C14H15F3N2O2/c1-3-19-12(11(7-18)13(16)17)8-4-9(14(20)21-2)6-10(15)5-8/h4-7,13H,3,18H2,1-2H3. The Hall–Kier alpha value is -2.31. The van der Waals surface area contributed by atoms with Crippen LogP contribution in [0.3, 0.4) is 0 Å². The van der Waals surface area contributed by atoms with E-state index in [1.165, 1.54) is 6.07 Å². The molecule has 0 unspecified atom stereocenters. The molecule has 0 aliphatic heterocycles. The average molecular weight is 300 g/mol. The highest BCUT2D eigenvalue weighted by Gasteiger charge is 2.21. The number of aliphatic imine (C=N–C) groups is 1. The van der Waals surface area contributed by atoms with E-state index in [1.54, 1.807) is 6.92 Å². The van der Waals surface area contributed by atoms with Crippen molar-refractivity contribution in [2.75, 3.05) is 13.7 Å². The van der Waals surface area contributed by atoms with E-state index in [9.17, 15) is 18.0 Å². The van der Waals surface area contributed by atoms with Gasteiger partial charge in [-0.05, 0) is 25.1 Å². The lowest BCUT2D eigenvalue weighted by Crippen LogP contribution is -2.16. The Morgan fingerprint density at radius 3 is 2.48 bits per heavy atom. The number of alkyl halides is 2. The Kier molecular flexibility index (Phi) is 5.95. The molecule has 0 heterocycles. The van der Waals surface area contributed by atoms with Crippen LogP contribution in [0, 0.1) is 5.82 Å². The number of ether oxygens (including phenoxy) is 1. The number of nitrogens with two attached hydrogens (primary N) is 1. The molecule has 0 saturated carbocycles. The molecule has 7 heteroatoms. The first-order valence-electron chi connectivity index (χ1n) is 6.08. The maximum Gasteiger partial charge on any atom is 0.337 e. The van der Waals surface area contributed by atoms with Gasteiger partial charge in [-0.25, -0.2) is 18.0 Å². The number of carbonyl (C=O) groups is 1. The maximum atomic E-state index is 13.6. The molecular weight excluding hydrogens is 285 g/mol. The third-order valence-electron chi connectivity index (χ3n) is 2.60. The van der Waals surface area contributed by atoms with E-state index in [-0.39, 0.29) is 23.4 Å². The summed E-state index contributed by atoms with van der Waals surface area (Å²) in [4.78, 5) is 15.4. The molecule has 0 aliphatic rings. The summed E-state index contributed by atoms with van der Waals surface area (Å²) in [6, 6.07) is 3.19. The molecule has 21 heavy (non-hydrogen) atoms. The number of benzene rings is 1. The van der Waals surface area contributed by atoms with E-state index in [2.05, 4.69) is 9.73 Å². The van der Waals surface area contributed by atoms with Crippen LogP contribution in [0.2, 0.25) is 0 Å². The number of rotatable bonds is 5. The lowest BCUT2D eigenvalue weighted by atomic mass is 10.0. The van der Waals surface area contributed by atoms with Gasteiger partial charge in [-0.15, -0.1) is 0 Å². The predicted molar refractivity (Wildman–Crippen MR) is 73.1 cm³/mol. The fourth-order valence-corrected chi connectivity index (χ4v) is 1.72. The van der Waals surface area contributed by atoms with E-state index >= 15 is 0 Å². The number of nitrogens with zero attached hydrogens (tertiary/aromatic N) is 1. The first-order chi connectivity index (χ1) is 9.94. The van der Waals surface area contributed by atoms with Crippen LogP contribution in [0.15, 0.2) is 35.0 Å². The monoisotopic (exact) mass is 300 g/mol. The summed E-state index contributed by atoms with van der Waals surface area (Å²) in [7, 11) is 1.14. The van der Waals surface area contributed by atoms with Gasteiger partial charge in [0, 0.05) is 18.3 Å². The molecule has 0 bridgehead atoms. The van der Waals surface area contributed by atoms with Gasteiger partial charge in [-0.3, -0.25) is 4.99 Å². The van der Waals surface area contributed by atoms with Crippen LogP contribution in [-0.2, 0) is 4.74 Å². The van der Waals surface area contributed by atoms with Crippen molar-refractivity contribution >= 4 is 11.7 Å². The number of esters is 1. The number of methoxy groups -OCH3 is 1. The summed E-state index contributed by atoms with van der Waals surface area (Å²) < 4.78 is 44.0. The fraction of sp³-hybridized carbons (Fsp3) is 0.286. The second-order valence-corrected chi connectivity index (χ2v) is 3.97. The second-order valence-electron chi connectivity index (χ2n) is 3.97. The zero-order valence-electron chi connectivity index (χ0n) is 11.6. The summed E-state index contributed by atoms with van der Waals surface area (Å²) in [6.45, 7) is 1.84. The molecule has 0 amide bonds. The molecule has 1 aromatic rings. The summed E-state index contributed by atoms with van der Waals surface area (Å²) in [5.41, 5.74) is 4.45. The molecule has 0 aliphatic carbocycles. The third kappa shape index (κ3) is 4.08. The predicted octanol–water partition coefficient (Wildman–Crippen LogP) is 2.53. The van der Waals surface area contributed by atoms with Crippen LogP contribution >= 0.6 is 0 Å². The van der Waals surface area contributed by atoms with Crippen LogP contribution in [0.5, 0.6) is 0 Å². The Balaban J connectivity index is 3.43. The summed E-state index contributed by atoms with van der Waals surface area (Å²) >= 11 is 0. The van der Waals surface area contributed by atoms with Gasteiger partial charge in [0.2, 0.25) is 0 Å². The quantitative estimate of drug-likeness (QED) is 0.671. The molecule has 114 valence electrons. The summed E-state index contributed by atoms with van der Waals surface area (Å²) in [6.07, 6.45) is -2.15. The normalized spacial score (nSPS) is 12.7. The Labute approximate surface area is 120 Å². The second kappa shape index (κ2) is 7.47. The molecule has 0 aromatic heterocycles. The zero-order valence-corrected chi connectivity index (χ0v) is 11.6. The topological polar surface area (TPSA) is 64.7 Å². The minimum absolute atomic E-state index is 0.0363. The maximum absolute atomic E-state index is 13.6. The Morgan fingerprint density at radius 1 is 1.38 bits per heavy atom. The molecule has 0 atom stereocenters. The highest BCUT2D eigenvalue weighted by molar-refractivity contribution is 6.13. The van der Waals surface area contributed by atoms with Crippen molar-refractivity contribution in [1.29, 1.82) is 0 Å². The van der Waals surface area contributed by atoms with Crippen molar-refractivity contribution in [3.05, 3.63) is 46.9 Å². The fourth-order valence-electron chi connectivity index (χ4n) is 1.72. The summed E-state index contributed by atoms with van der Waals surface area (Å²) in [5.74, 6) is -1.54. The largest absolute Gasteiger partial charge is 0.465 e. The molecular formula is C14H15F3N2O2. The Bertz CT molecular complexity index is 584. The molecule has 2 N–H and O–H groups in total. The third-order valence-corrected chi connectivity index (χ3v) is 2.60. The van der Waals surface area contributed by atoms with Gasteiger partial charge in [-0.1, -0.05) is 0 Å². The summed E-state index contributed by atoms with van der Waals surface area (Å²) in [5, 5.41) is 0. The van der Waals surface area contributed by atoms with Gasteiger partial charge < -0.3 is 10.5 Å². The van der Waals surface area contributed by atoms with Gasteiger partial charge in [0.15, 0.2) is 0 Å². The number of halogens is 3. The van der Waals surface area contributed by atoms with E-state index in [0.29, 0.717) is 0 Å². The van der Waals surface area contributed by atoms with E-state index in [4.69, 9.17) is 5.73 Å². The van der Waals surface area contributed by atoms with E-state index < -0.39 is 23.8 Å². The average Bonchev–Trinajstić information content (AvgIpc) is 2.45. The smallest absolute Gasteiger partial charge is 0.337 e. The van der Waals surface area contributed by atoms with Gasteiger partial charge in [0.25, 0.3) is 6.43 Å². The first kappa shape index (κ1) is 16.7. The molecule has 0 radical (unpaired) electrons. The minimum atomic E-state index is -2.87. The van der Waals surface area contributed by atoms with Crippen LogP contribution < -0.4 is 5.73 Å². The molecule has 0 fully saturated rings. The van der Waals surface area contributed by atoms with Crippen LogP contribution in [0.4, 0.5) is 13.2 Å². The van der Waals surface area contributed by atoms with Gasteiger partial charge in [-0.2, -0.15) is 0 Å². The number of allylic oxidation sites excluding steroid dienone is 1. The Morgan fingerprint density at radius 2 is 2.00 bits per heavy atom. The van der Waals surface area contributed by atoms with Crippen molar-refractivity contribution in [2.24, 2.45) is 10.7 Å². The van der Waals surface area contributed by atoms with Gasteiger partial charge in [0.05, 0.1) is 24.0 Å².